The van der Waals surface area contributed by atoms with Crippen LogP contribution in [-0.4, -0.2) is 25.5 Å². The second-order valence-corrected chi connectivity index (χ2v) is 6.16. The van der Waals surface area contributed by atoms with E-state index in [0.717, 1.165) is 24.5 Å². The normalized spacial score (nSPS) is 13.8. The van der Waals surface area contributed by atoms with Gasteiger partial charge in [-0.05, 0) is 49.6 Å². The molecule has 2 aromatic rings. The highest BCUT2D eigenvalue weighted by molar-refractivity contribution is 5.94. The van der Waals surface area contributed by atoms with Gasteiger partial charge in [-0.25, -0.2) is 0 Å². The first-order valence-electron chi connectivity index (χ1n) is 8.64. The van der Waals surface area contributed by atoms with E-state index in [9.17, 15) is 4.79 Å². The molecular weight excluding hydrogens is 312 g/mol. The second kappa shape index (κ2) is 8.20. The number of para-hydroxylation sites is 2. The fourth-order valence-electron chi connectivity index (χ4n) is 3.08. The zero-order valence-corrected chi connectivity index (χ0v) is 14.2. The van der Waals surface area contributed by atoms with Crippen molar-refractivity contribution in [3.63, 3.8) is 0 Å². The van der Waals surface area contributed by atoms with Crippen molar-refractivity contribution in [2.75, 3.05) is 35.2 Å². The molecule has 0 aliphatic carbocycles. The third-order valence-corrected chi connectivity index (χ3v) is 4.32. The molecule has 1 amide bonds. The van der Waals surface area contributed by atoms with Gasteiger partial charge in [-0.15, -0.1) is 0 Å². The smallest absolute Gasteiger partial charge is 0.243 e. The molecule has 0 radical (unpaired) electrons. The van der Waals surface area contributed by atoms with Gasteiger partial charge in [0.1, 0.15) is 0 Å². The van der Waals surface area contributed by atoms with E-state index >= 15 is 0 Å². The van der Waals surface area contributed by atoms with Gasteiger partial charge in [0, 0.05) is 18.8 Å². The lowest BCUT2D eigenvalue weighted by molar-refractivity contribution is -0.114. The molecule has 1 fully saturated rings. The molecule has 2 N–H and O–H groups in total. The molecule has 5 nitrogen and oxygen atoms in total. The third-order valence-electron chi connectivity index (χ3n) is 4.32. The van der Waals surface area contributed by atoms with Crippen molar-refractivity contribution in [3.8, 4) is 6.07 Å². The van der Waals surface area contributed by atoms with Crippen molar-refractivity contribution in [3.05, 3.63) is 54.1 Å². The maximum atomic E-state index is 12.2. The molecule has 0 bridgehead atoms. The molecule has 25 heavy (non-hydrogen) atoms. The van der Waals surface area contributed by atoms with Gasteiger partial charge in [-0.2, -0.15) is 5.26 Å². The van der Waals surface area contributed by atoms with Crippen LogP contribution in [0.4, 0.5) is 17.1 Å². The first-order chi connectivity index (χ1) is 12.3. The molecule has 5 heteroatoms. The molecule has 1 heterocycles. The van der Waals surface area contributed by atoms with E-state index in [4.69, 9.17) is 5.26 Å². The summed E-state index contributed by atoms with van der Waals surface area (Å²) in [6.07, 6.45) is 3.71. The molecule has 2 aromatic carbocycles. The van der Waals surface area contributed by atoms with Crippen molar-refractivity contribution < 1.29 is 4.79 Å². The number of nitrogens with zero attached hydrogens (tertiary/aromatic N) is 2. The van der Waals surface area contributed by atoms with E-state index in [1.165, 1.54) is 19.3 Å². The third kappa shape index (κ3) is 4.51. The Balaban J connectivity index is 1.61. The number of rotatable bonds is 5. The Hall–Kier alpha value is -3.00. The number of hydrogen-bond donors (Lipinski definition) is 2. The molecule has 0 spiro atoms. The first kappa shape index (κ1) is 16.8. The van der Waals surface area contributed by atoms with Crippen molar-refractivity contribution in [2.45, 2.75) is 19.3 Å². The summed E-state index contributed by atoms with van der Waals surface area (Å²) in [6.45, 7) is 2.30. The van der Waals surface area contributed by atoms with E-state index in [-0.39, 0.29) is 12.5 Å². The zero-order valence-electron chi connectivity index (χ0n) is 14.2. The number of nitriles is 1. The van der Waals surface area contributed by atoms with Crippen LogP contribution in [0.3, 0.4) is 0 Å². The van der Waals surface area contributed by atoms with E-state index < -0.39 is 0 Å². The standard InChI is InChI=1S/C20H22N4O/c21-14-16-7-6-8-17(13-16)23-20(25)15-22-18-9-2-3-10-19(18)24-11-4-1-5-12-24/h2-3,6-10,13,22H,1,4-5,11-12,15H2,(H,23,25). The minimum atomic E-state index is -0.136. The summed E-state index contributed by atoms with van der Waals surface area (Å²) in [7, 11) is 0. The molecule has 1 aliphatic rings. The molecule has 128 valence electrons. The van der Waals surface area contributed by atoms with E-state index in [1.807, 2.05) is 18.2 Å². The van der Waals surface area contributed by atoms with E-state index in [2.05, 4.69) is 27.7 Å². The molecule has 0 saturated carbocycles. The lowest BCUT2D eigenvalue weighted by atomic mass is 10.1. The molecule has 3 rings (SSSR count). The summed E-state index contributed by atoms with van der Waals surface area (Å²) < 4.78 is 0. The number of amides is 1. The van der Waals surface area contributed by atoms with Gasteiger partial charge in [0.2, 0.25) is 5.91 Å². The average Bonchev–Trinajstić information content (AvgIpc) is 2.67. The predicted molar refractivity (Wildman–Crippen MR) is 101 cm³/mol. The van der Waals surface area contributed by atoms with Crippen molar-refractivity contribution in [1.29, 1.82) is 5.26 Å². The number of hydrogen-bond acceptors (Lipinski definition) is 4. The summed E-state index contributed by atoms with van der Waals surface area (Å²) in [6, 6.07) is 17.1. The van der Waals surface area contributed by atoms with Gasteiger partial charge in [-0.1, -0.05) is 18.2 Å². The van der Waals surface area contributed by atoms with Crippen molar-refractivity contribution >= 4 is 23.0 Å². The minimum Gasteiger partial charge on any atom is -0.374 e. The Morgan fingerprint density at radius 2 is 1.88 bits per heavy atom. The van der Waals surface area contributed by atoms with Crippen LogP contribution in [0, 0.1) is 11.3 Å². The number of anilines is 3. The highest BCUT2D eigenvalue weighted by atomic mass is 16.1. The van der Waals surface area contributed by atoms with Gasteiger partial charge in [-0.3, -0.25) is 4.79 Å². The summed E-state index contributed by atoms with van der Waals surface area (Å²) >= 11 is 0. The van der Waals surface area contributed by atoms with Gasteiger partial charge in [0.05, 0.1) is 29.6 Å². The van der Waals surface area contributed by atoms with Crippen LogP contribution in [0.2, 0.25) is 0 Å². The number of carbonyl (C=O) groups excluding carboxylic acids is 1. The summed E-state index contributed by atoms with van der Waals surface area (Å²) in [4.78, 5) is 14.6. The van der Waals surface area contributed by atoms with Crippen LogP contribution < -0.4 is 15.5 Å². The van der Waals surface area contributed by atoms with Gasteiger partial charge < -0.3 is 15.5 Å². The molecule has 0 aromatic heterocycles. The maximum Gasteiger partial charge on any atom is 0.243 e. The van der Waals surface area contributed by atoms with Crippen LogP contribution in [0.5, 0.6) is 0 Å². The first-order valence-corrected chi connectivity index (χ1v) is 8.64. The Bertz CT molecular complexity index is 775. The summed E-state index contributed by atoms with van der Waals surface area (Å²) in [5, 5.41) is 15.0. The van der Waals surface area contributed by atoms with Crippen LogP contribution >= 0.6 is 0 Å². The van der Waals surface area contributed by atoms with Gasteiger partial charge in [0.15, 0.2) is 0 Å². The van der Waals surface area contributed by atoms with Crippen LogP contribution in [0.1, 0.15) is 24.8 Å². The maximum absolute atomic E-state index is 12.2. The van der Waals surface area contributed by atoms with E-state index in [1.54, 1.807) is 24.3 Å². The molecule has 1 saturated heterocycles. The second-order valence-electron chi connectivity index (χ2n) is 6.16. The van der Waals surface area contributed by atoms with E-state index in [0.29, 0.717) is 11.3 Å². The van der Waals surface area contributed by atoms with Gasteiger partial charge in [0.25, 0.3) is 0 Å². The minimum absolute atomic E-state index is 0.136. The van der Waals surface area contributed by atoms with Crippen molar-refractivity contribution in [1.82, 2.24) is 0 Å². The number of benzene rings is 2. The lowest BCUT2D eigenvalue weighted by Crippen LogP contribution is -2.30. The Morgan fingerprint density at radius 3 is 2.68 bits per heavy atom. The van der Waals surface area contributed by atoms with Crippen LogP contribution in [0.15, 0.2) is 48.5 Å². The number of piperidine rings is 1. The Labute approximate surface area is 148 Å². The highest BCUT2D eigenvalue weighted by Crippen LogP contribution is 2.28. The lowest BCUT2D eigenvalue weighted by Gasteiger charge is -2.30. The summed E-state index contributed by atoms with van der Waals surface area (Å²) in [5.74, 6) is -0.136. The number of carbonyl (C=O) groups is 1. The quantitative estimate of drug-likeness (QED) is 0.877. The number of nitrogens with one attached hydrogen (secondary N) is 2. The SMILES string of the molecule is N#Cc1cccc(NC(=O)CNc2ccccc2N2CCCCC2)c1. The predicted octanol–water partition coefficient (Wildman–Crippen LogP) is 3.60. The summed E-state index contributed by atoms with van der Waals surface area (Å²) in [5.41, 5.74) is 3.29. The average molecular weight is 334 g/mol. The molecule has 0 unspecified atom stereocenters. The Morgan fingerprint density at radius 1 is 1.08 bits per heavy atom. The molecular formula is C20H22N4O. The fourth-order valence-corrected chi connectivity index (χ4v) is 3.08. The molecule has 0 atom stereocenters. The monoisotopic (exact) mass is 334 g/mol. The largest absolute Gasteiger partial charge is 0.374 e. The van der Waals surface area contributed by atoms with Gasteiger partial charge >= 0.3 is 0 Å². The topological polar surface area (TPSA) is 68.2 Å². The fraction of sp³-hybridized carbons (Fsp3) is 0.300. The van der Waals surface area contributed by atoms with Crippen molar-refractivity contribution in [2.24, 2.45) is 0 Å². The molecule has 1 aliphatic heterocycles. The Kier molecular flexibility index (Phi) is 5.53. The highest BCUT2D eigenvalue weighted by Gasteiger charge is 2.14. The van der Waals surface area contributed by atoms with Crippen LogP contribution in [-0.2, 0) is 4.79 Å². The van der Waals surface area contributed by atoms with Crippen LogP contribution in [0.25, 0.3) is 0 Å². The zero-order chi connectivity index (χ0) is 17.5.